The molecule has 0 aliphatic rings. The van der Waals surface area contributed by atoms with E-state index in [9.17, 15) is 10.2 Å². The lowest BCUT2D eigenvalue weighted by Crippen LogP contribution is -2.14. The van der Waals surface area contributed by atoms with Crippen LogP contribution in [0.4, 0.5) is 0 Å². The summed E-state index contributed by atoms with van der Waals surface area (Å²) < 4.78 is 2.07. The van der Waals surface area contributed by atoms with Gasteiger partial charge in [-0.25, -0.2) is 0 Å². The van der Waals surface area contributed by atoms with E-state index in [0.717, 1.165) is 16.5 Å². The Morgan fingerprint density at radius 2 is 1.88 bits per heavy atom. The lowest BCUT2D eigenvalue weighted by Gasteiger charge is -2.16. The van der Waals surface area contributed by atoms with E-state index in [1.807, 2.05) is 12.3 Å². The number of phenols is 1. The maximum absolute atomic E-state index is 10.2. The molecule has 92 valence electrons. The number of hydrogen-bond donors (Lipinski definition) is 2. The highest BCUT2D eigenvalue weighted by Crippen LogP contribution is 2.33. The molecule has 0 atom stereocenters. The average molecular weight is 233 g/mol. The summed E-state index contributed by atoms with van der Waals surface area (Å²) in [5.74, 6) is 0.250. The summed E-state index contributed by atoms with van der Waals surface area (Å²) in [4.78, 5) is 0. The molecule has 2 N–H and O–H groups in total. The Balaban J connectivity index is 2.80. The number of phenolic OH excluding ortho intramolecular Hbond substituents is 1. The van der Waals surface area contributed by atoms with Gasteiger partial charge in [-0.3, -0.25) is 0 Å². The molecule has 3 nitrogen and oxygen atoms in total. The van der Waals surface area contributed by atoms with E-state index in [0.29, 0.717) is 0 Å². The summed E-state index contributed by atoms with van der Waals surface area (Å²) in [5.41, 5.74) is 0.966. The van der Waals surface area contributed by atoms with Gasteiger partial charge >= 0.3 is 0 Å². The van der Waals surface area contributed by atoms with Crippen molar-refractivity contribution >= 4 is 10.9 Å². The Morgan fingerprint density at radius 3 is 2.41 bits per heavy atom. The first kappa shape index (κ1) is 12.0. The Morgan fingerprint density at radius 1 is 1.24 bits per heavy atom. The second-order valence-electron chi connectivity index (χ2n) is 5.30. The Labute approximate surface area is 101 Å². The molecule has 0 fully saturated rings. The number of nitrogens with zero attached hydrogens (tertiary/aromatic N) is 1. The van der Waals surface area contributed by atoms with Gasteiger partial charge in [0, 0.05) is 29.3 Å². The highest BCUT2D eigenvalue weighted by atomic mass is 16.3. The number of benzene rings is 1. The van der Waals surface area contributed by atoms with E-state index in [4.69, 9.17) is 0 Å². The van der Waals surface area contributed by atoms with Crippen LogP contribution in [0.5, 0.6) is 5.75 Å². The summed E-state index contributed by atoms with van der Waals surface area (Å²) in [5, 5.41) is 20.7. The quantitative estimate of drug-likeness (QED) is 0.837. The highest BCUT2D eigenvalue weighted by Gasteiger charge is 2.22. The zero-order valence-electron chi connectivity index (χ0n) is 10.7. The third-order valence-electron chi connectivity index (χ3n) is 3.03. The van der Waals surface area contributed by atoms with Crippen LogP contribution in [0.15, 0.2) is 24.4 Å². The molecule has 17 heavy (non-hydrogen) atoms. The van der Waals surface area contributed by atoms with Gasteiger partial charge in [0.25, 0.3) is 0 Å². The van der Waals surface area contributed by atoms with Crippen LogP contribution in [-0.4, -0.2) is 14.8 Å². The molecule has 0 spiro atoms. The van der Waals surface area contributed by atoms with Crippen LogP contribution in [0.3, 0.4) is 0 Å². The van der Waals surface area contributed by atoms with Crippen LogP contribution in [0.25, 0.3) is 10.9 Å². The average Bonchev–Trinajstić information content (AvgIpc) is 2.55. The second kappa shape index (κ2) is 3.77. The van der Waals surface area contributed by atoms with Crippen LogP contribution in [0.2, 0.25) is 0 Å². The standard InChI is InChI=1S/C14H19NO2/c1-9(2)15-8-12(14(3,4)17)11-6-5-10(16)7-13(11)15/h5-9,16-17H,1-4H3. The molecule has 0 saturated heterocycles. The van der Waals surface area contributed by atoms with Crippen LogP contribution < -0.4 is 0 Å². The normalized spacial score (nSPS) is 12.6. The van der Waals surface area contributed by atoms with Gasteiger partial charge in [0.2, 0.25) is 0 Å². The van der Waals surface area contributed by atoms with E-state index in [1.165, 1.54) is 0 Å². The highest BCUT2D eigenvalue weighted by molar-refractivity contribution is 5.86. The van der Waals surface area contributed by atoms with E-state index in [2.05, 4.69) is 18.4 Å². The minimum absolute atomic E-state index is 0.250. The summed E-state index contributed by atoms with van der Waals surface area (Å²) >= 11 is 0. The predicted molar refractivity (Wildman–Crippen MR) is 69.2 cm³/mol. The van der Waals surface area contributed by atoms with E-state index in [1.54, 1.807) is 26.0 Å². The van der Waals surface area contributed by atoms with Gasteiger partial charge in [0.15, 0.2) is 0 Å². The van der Waals surface area contributed by atoms with Crippen molar-refractivity contribution < 1.29 is 10.2 Å². The largest absolute Gasteiger partial charge is 0.508 e. The van der Waals surface area contributed by atoms with Crippen molar-refractivity contribution in [2.24, 2.45) is 0 Å². The third kappa shape index (κ3) is 2.03. The summed E-state index contributed by atoms with van der Waals surface area (Å²) in [6, 6.07) is 5.54. The molecule has 0 aliphatic heterocycles. The fraction of sp³-hybridized carbons (Fsp3) is 0.429. The van der Waals surface area contributed by atoms with Gasteiger partial charge in [-0.1, -0.05) is 0 Å². The van der Waals surface area contributed by atoms with Gasteiger partial charge < -0.3 is 14.8 Å². The molecule has 2 rings (SSSR count). The fourth-order valence-corrected chi connectivity index (χ4v) is 2.15. The Hall–Kier alpha value is -1.48. The zero-order chi connectivity index (χ0) is 12.8. The number of aromatic hydroxyl groups is 1. The van der Waals surface area contributed by atoms with E-state index >= 15 is 0 Å². The minimum Gasteiger partial charge on any atom is -0.508 e. The van der Waals surface area contributed by atoms with Crippen molar-refractivity contribution in [3.8, 4) is 5.75 Å². The van der Waals surface area contributed by atoms with Gasteiger partial charge in [0.1, 0.15) is 5.75 Å². The van der Waals surface area contributed by atoms with Crippen LogP contribution >= 0.6 is 0 Å². The third-order valence-corrected chi connectivity index (χ3v) is 3.03. The molecule has 0 bridgehead atoms. The number of fused-ring (bicyclic) bond motifs is 1. The maximum atomic E-state index is 10.2. The van der Waals surface area contributed by atoms with Gasteiger partial charge in [0.05, 0.1) is 11.1 Å². The molecule has 0 saturated carbocycles. The first-order valence-electron chi connectivity index (χ1n) is 5.87. The van der Waals surface area contributed by atoms with Crippen LogP contribution in [0.1, 0.15) is 39.3 Å². The Kier molecular flexibility index (Phi) is 2.66. The fourth-order valence-electron chi connectivity index (χ4n) is 2.15. The number of hydrogen-bond acceptors (Lipinski definition) is 2. The predicted octanol–water partition coefficient (Wildman–Crippen LogP) is 3.16. The maximum Gasteiger partial charge on any atom is 0.117 e. The van der Waals surface area contributed by atoms with Crippen molar-refractivity contribution in [3.05, 3.63) is 30.0 Å². The number of aliphatic hydroxyl groups is 1. The Bertz CT molecular complexity index is 547. The molecular weight excluding hydrogens is 214 g/mol. The van der Waals surface area contributed by atoms with Crippen LogP contribution in [-0.2, 0) is 5.60 Å². The van der Waals surface area contributed by atoms with Gasteiger partial charge in [-0.05, 0) is 39.8 Å². The minimum atomic E-state index is -0.880. The molecule has 1 aromatic heterocycles. The van der Waals surface area contributed by atoms with Crippen LogP contribution in [0, 0.1) is 0 Å². The summed E-state index contributed by atoms with van der Waals surface area (Å²) in [6.45, 7) is 7.72. The topological polar surface area (TPSA) is 45.4 Å². The van der Waals surface area contributed by atoms with Crippen molar-refractivity contribution in [1.29, 1.82) is 0 Å². The lowest BCUT2D eigenvalue weighted by atomic mass is 9.98. The molecule has 2 aromatic rings. The first-order valence-corrected chi connectivity index (χ1v) is 5.87. The first-order chi connectivity index (χ1) is 7.80. The monoisotopic (exact) mass is 233 g/mol. The van der Waals surface area contributed by atoms with Crippen molar-refractivity contribution in [2.75, 3.05) is 0 Å². The molecule has 0 unspecified atom stereocenters. The SMILES string of the molecule is CC(C)n1cc(C(C)(C)O)c2ccc(O)cc21. The second-order valence-corrected chi connectivity index (χ2v) is 5.30. The molecule has 3 heteroatoms. The number of aromatic nitrogens is 1. The lowest BCUT2D eigenvalue weighted by molar-refractivity contribution is 0.0799. The molecule has 0 amide bonds. The van der Waals surface area contributed by atoms with Gasteiger partial charge in [-0.2, -0.15) is 0 Å². The van der Waals surface area contributed by atoms with Crippen molar-refractivity contribution in [2.45, 2.75) is 39.3 Å². The smallest absolute Gasteiger partial charge is 0.117 e. The summed E-state index contributed by atoms with van der Waals surface area (Å²) in [7, 11) is 0. The molecular formula is C14H19NO2. The van der Waals surface area contributed by atoms with Crippen molar-refractivity contribution in [1.82, 2.24) is 4.57 Å². The van der Waals surface area contributed by atoms with Crippen molar-refractivity contribution in [3.63, 3.8) is 0 Å². The van der Waals surface area contributed by atoms with E-state index in [-0.39, 0.29) is 11.8 Å². The molecule has 1 heterocycles. The molecule has 0 radical (unpaired) electrons. The zero-order valence-corrected chi connectivity index (χ0v) is 10.7. The summed E-state index contributed by atoms with van der Waals surface area (Å²) in [6.07, 6.45) is 1.97. The van der Waals surface area contributed by atoms with Gasteiger partial charge in [-0.15, -0.1) is 0 Å². The number of rotatable bonds is 2. The molecule has 0 aliphatic carbocycles. The van der Waals surface area contributed by atoms with E-state index < -0.39 is 5.60 Å². The molecule has 1 aromatic carbocycles.